The number of hydrogen-bond acceptors (Lipinski definition) is 5. The lowest BCUT2D eigenvalue weighted by Gasteiger charge is -2.22. The van der Waals surface area contributed by atoms with E-state index in [1.54, 1.807) is 0 Å². The topological polar surface area (TPSA) is 84.9 Å². The molecule has 33 heavy (non-hydrogen) atoms. The van der Waals surface area contributed by atoms with Crippen LogP contribution in [0.2, 0.25) is 0 Å². The van der Waals surface area contributed by atoms with Gasteiger partial charge in [-0.2, -0.15) is 4.31 Å². The third-order valence-electron chi connectivity index (χ3n) is 5.14. The summed E-state index contributed by atoms with van der Waals surface area (Å²) in [6, 6.07) is 23.4. The van der Waals surface area contributed by atoms with E-state index in [0.717, 1.165) is 11.1 Å². The number of sulfonamides is 1. The van der Waals surface area contributed by atoms with E-state index >= 15 is 0 Å². The number of hydrogen-bond donors (Lipinski definition) is 1. The Morgan fingerprint density at radius 2 is 1.45 bits per heavy atom. The quantitative estimate of drug-likeness (QED) is 0.467. The third-order valence-corrected chi connectivity index (χ3v) is 6.98. The van der Waals surface area contributed by atoms with Gasteiger partial charge in [-0.3, -0.25) is 4.79 Å². The van der Waals surface area contributed by atoms with Gasteiger partial charge in [0.2, 0.25) is 15.9 Å². The molecule has 0 atom stereocenters. The van der Waals surface area contributed by atoms with Crippen LogP contribution < -0.4 is 14.8 Å². The number of ether oxygens (including phenoxy) is 2. The Labute approximate surface area is 195 Å². The molecule has 174 valence electrons. The minimum Gasteiger partial charge on any atom is -0.493 e. The number of nitrogens with zero attached hydrogens (tertiary/aromatic N) is 1. The fourth-order valence-electron chi connectivity index (χ4n) is 3.32. The zero-order valence-electron chi connectivity index (χ0n) is 18.7. The zero-order chi connectivity index (χ0) is 23.7. The van der Waals surface area contributed by atoms with E-state index in [1.807, 2.05) is 60.7 Å². The minimum absolute atomic E-state index is 0.0315. The molecule has 0 bridgehead atoms. The molecular formula is C25H28N2O5S. The maximum atomic E-state index is 13.5. The first kappa shape index (κ1) is 24.3. The van der Waals surface area contributed by atoms with Crippen LogP contribution in [-0.2, 0) is 27.8 Å². The summed E-state index contributed by atoms with van der Waals surface area (Å²) in [4.78, 5) is 12.7. The molecular weight excluding hydrogens is 440 g/mol. The van der Waals surface area contributed by atoms with Crippen LogP contribution in [0.3, 0.4) is 0 Å². The Kier molecular flexibility index (Phi) is 8.46. The molecule has 0 heterocycles. The average Bonchev–Trinajstić information content (AvgIpc) is 2.85. The first-order valence-electron chi connectivity index (χ1n) is 10.5. The molecule has 0 aliphatic carbocycles. The molecule has 0 radical (unpaired) electrons. The molecule has 1 amide bonds. The van der Waals surface area contributed by atoms with E-state index in [-0.39, 0.29) is 23.9 Å². The Morgan fingerprint density at radius 3 is 2.06 bits per heavy atom. The summed E-state index contributed by atoms with van der Waals surface area (Å²) < 4.78 is 38.6. The highest BCUT2D eigenvalue weighted by atomic mass is 32.2. The van der Waals surface area contributed by atoms with Gasteiger partial charge in [-0.15, -0.1) is 0 Å². The first-order valence-corrected chi connectivity index (χ1v) is 11.9. The van der Waals surface area contributed by atoms with Crippen molar-refractivity contribution in [2.75, 3.05) is 27.3 Å². The standard InChI is InChI=1S/C25H28N2O5S/c1-31-23-14-13-22(17-24(23)32-2)33(29,30)27(16-15-20-9-5-3-6-10-20)19-25(28)26-18-21-11-7-4-8-12-21/h3-14,17H,15-16,18-19H2,1-2H3,(H,26,28). The highest BCUT2D eigenvalue weighted by Gasteiger charge is 2.27. The third kappa shape index (κ3) is 6.57. The fourth-order valence-corrected chi connectivity index (χ4v) is 4.73. The van der Waals surface area contributed by atoms with E-state index in [1.165, 1.54) is 36.7 Å². The van der Waals surface area contributed by atoms with Crippen LogP contribution >= 0.6 is 0 Å². The normalized spacial score (nSPS) is 11.2. The average molecular weight is 469 g/mol. The summed E-state index contributed by atoms with van der Waals surface area (Å²) in [6.07, 6.45) is 0.472. The Bertz CT molecular complexity index is 1150. The minimum atomic E-state index is -3.97. The lowest BCUT2D eigenvalue weighted by Crippen LogP contribution is -2.41. The molecule has 1 N–H and O–H groups in total. The van der Waals surface area contributed by atoms with Crippen LogP contribution in [0.15, 0.2) is 83.8 Å². The van der Waals surface area contributed by atoms with Crippen LogP contribution in [0.4, 0.5) is 0 Å². The van der Waals surface area contributed by atoms with Gasteiger partial charge in [0.1, 0.15) is 0 Å². The van der Waals surface area contributed by atoms with Crippen molar-refractivity contribution in [3.63, 3.8) is 0 Å². The van der Waals surface area contributed by atoms with E-state index in [2.05, 4.69) is 5.32 Å². The number of carbonyl (C=O) groups excluding carboxylic acids is 1. The summed E-state index contributed by atoms with van der Waals surface area (Å²) in [6.45, 7) is 0.179. The molecule has 0 unspecified atom stereocenters. The highest BCUT2D eigenvalue weighted by molar-refractivity contribution is 7.89. The monoisotopic (exact) mass is 468 g/mol. The van der Waals surface area contributed by atoms with E-state index in [0.29, 0.717) is 24.5 Å². The molecule has 3 rings (SSSR count). The molecule has 8 heteroatoms. The second-order valence-electron chi connectivity index (χ2n) is 7.35. The lowest BCUT2D eigenvalue weighted by molar-refractivity contribution is -0.121. The van der Waals surface area contributed by atoms with Gasteiger partial charge in [0.25, 0.3) is 0 Å². The van der Waals surface area contributed by atoms with Crippen LogP contribution in [0, 0.1) is 0 Å². The molecule has 3 aromatic carbocycles. The lowest BCUT2D eigenvalue weighted by atomic mass is 10.1. The van der Waals surface area contributed by atoms with Crippen molar-refractivity contribution in [2.45, 2.75) is 17.9 Å². The van der Waals surface area contributed by atoms with Crippen LogP contribution in [-0.4, -0.2) is 45.9 Å². The van der Waals surface area contributed by atoms with Crippen molar-refractivity contribution < 1.29 is 22.7 Å². The Hall–Kier alpha value is -3.36. The van der Waals surface area contributed by atoms with Crippen LogP contribution in [0.5, 0.6) is 11.5 Å². The van der Waals surface area contributed by atoms with E-state index < -0.39 is 10.0 Å². The highest BCUT2D eigenvalue weighted by Crippen LogP contribution is 2.30. The van der Waals surface area contributed by atoms with Crippen LogP contribution in [0.25, 0.3) is 0 Å². The van der Waals surface area contributed by atoms with Crippen molar-refractivity contribution in [3.8, 4) is 11.5 Å². The van der Waals surface area contributed by atoms with Crippen molar-refractivity contribution >= 4 is 15.9 Å². The first-order chi connectivity index (χ1) is 15.9. The number of nitrogens with one attached hydrogen (secondary N) is 1. The molecule has 0 aliphatic rings. The maximum absolute atomic E-state index is 13.5. The SMILES string of the molecule is COc1ccc(S(=O)(=O)N(CCc2ccccc2)CC(=O)NCc2ccccc2)cc1OC. The Balaban J connectivity index is 1.81. The second kappa shape index (κ2) is 11.5. The Morgan fingerprint density at radius 1 is 0.848 bits per heavy atom. The molecule has 0 saturated carbocycles. The summed E-state index contributed by atoms with van der Waals surface area (Å²) in [5, 5.41) is 2.80. The fraction of sp³-hybridized carbons (Fsp3) is 0.240. The molecule has 7 nitrogen and oxygen atoms in total. The largest absolute Gasteiger partial charge is 0.493 e. The molecule has 0 fully saturated rings. The molecule has 3 aromatic rings. The van der Waals surface area contributed by atoms with Crippen LogP contribution in [0.1, 0.15) is 11.1 Å². The summed E-state index contributed by atoms with van der Waals surface area (Å²) >= 11 is 0. The second-order valence-corrected chi connectivity index (χ2v) is 9.29. The summed E-state index contributed by atoms with van der Waals surface area (Å²) in [7, 11) is -1.05. The smallest absolute Gasteiger partial charge is 0.243 e. The number of methoxy groups -OCH3 is 2. The van der Waals surface area contributed by atoms with Gasteiger partial charge in [0.05, 0.1) is 25.7 Å². The van der Waals surface area contributed by atoms with Gasteiger partial charge in [-0.05, 0) is 29.7 Å². The van der Waals surface area contributed by atoms with Gasteiger partial charge in [-0.1, -0.05) is 60.7 Å². The molecule has 0 saturated heterocycles. The van der Waals surface area contributed by atoms with Gasteiger partial charge in [0.15, 0.2) is 11.5 Å². The van der Waals surface area contributed by atoms with Crippen molar-refractivity contribution in [1.82, 2.24) is 9.62 Å². The number of benzene rings is 3. The molecule has 0 spiro atoms. The van der Waals surface area contributed by atoms with E-state index in [9.17, 15) is 13.2 Å². The van der Waals surface area contributed by atoms with Crippen molar-refractivity contribution in [1.29, 1.82) is 0 Å². The number of amides is 1. The van der Waals surface area contributed by atoms with Crippen molar-refractivity contribution in [2.24, 2.45) is 0 Å². The number of carbonyl (C=O) groups is 1. The predicted molar refractivity (Wildman–Crippen MR) is 127 cm³/mol. The zero-order valence-corrected chi connectivity index (χ0v) is 19.5. The predicted octanol–water partition coefficient (Wildman–Crippen LogP) is 3.25. The number of rotatable bonds is 11. The van der Waals surface area contributed by atoms with Gasteiger partial charge in [0, 0.05) is 19.2 Å². The summed E-state index contributed by atoms with van der Waals surface area (Å²) in [5.41, 5.74) is 1.92. The molecule has 0 aromatic heterocycles. The van der Waals surface area contributed by atoms with Gasteiger partial charge >= 0.3 is 0 Å². The van der Waals surface area contributed by atoms with E-state index in [4.69, 9.17) is 9.47 Å². The molecule has 0 aliphatic heterocycles. The van der Waals surface area contributed by atoms with Gasteiger partial charge in [-0.25, -0.2) is 8.42 Å². The van der Waals surface area contributed by atoms with Crippen molar-refractivity contribution in [3.05, 3.63) is 90.0 Å². The van der Waals surface area contributed by atoms with Gasteiger partial charge < -0.3 is 14.8 Å². The maximum Gasteiger partial charge on any atom is 0.243 e. The summed E-state index contributed by atoms with van der Waals surface area (Å²) in [5.74, 6) is 0.346.